The molecule has 1 aliphatic rings. The van der Waals surface area contributed by atoms with Crippen LogP contribution >= 0.6 is 11.6 Å². The highest BCUT2D eigenvalue weighted by molar-refractivity contribution is 6.33. The number of amides is 2. The fraction of sp³-hybridized carbons (Fsp3) is 0.364. The number of benzene rings is 2. The van der Waals surface area contributed by atoms with Gasteiger partial charge in [-0.3, -0.25) is 9.59 Å². The van der Waals surface area contributed by atoms with Gasteiger partial charge in [-0.05, 0) is 37.1 Å². The second-order valence-electron chi connectivity index (χ2n) is 7.46. The molecule has 2 aromatic rings. The van der Waals surface area contributed by atoms with Gasteiger partial charge in [0.2, 0.25) is 5.91 Å². The highest BCUT2D eigenvalue weighted by Crippen LogP contribution is 2.24. The number of carbonyl (C=O) groups is 2. The van der Waals surface area contributed by atoms with E-state index in [1.54, 1.807) is 0 Å². The number of halogens is 1. The monoisotopic (exact) mass is 415 g/mol. The molecule has 0 atom stereocenters. The molecule has 1 heterocycles. The SMILES string of the molecule is Cc1cccc(C)c1NC(=O)CNC(=O)C[NH+]1CCN(c2ccccc2Cl)CC1. The third-order valence-electron chi connectivity index (χ3n) is 5.27. The van der Waals surface area contributed by atoms with E-state index in [2.05, 4.69) is 15.5 Å². The van der Waals surface area contributed by atoms with E-state index in [4.69, 9.17) is 11.6 Å². The summed E-state index contributed by atoms with van der Waals surface area (Å²) in [7, 11) is 0. The van der Waals surface area contributed by atoms with E-state index < -0.39 is 0 Å². The normalized spacial score (nSPS) is 14.5. The van der Waals surface area contributed by atoms with Gasteiger partial charge in [0, 0.05) is 5.69 Å². The van der Waals surface area contributed by atoms with Gasteiger partial charge in [-0.25, -0.2) is 0 Å². The lowest BCUT2D eigenvalue weighted by atomic mass is 10.1. The van der Waals surface area contributed by atoms with Gasteiger partial charge in [-0.15, -0.1) is 0 Å². The lowest BCUT2D eigenvalue weighted by Crippen LogP contribution is -3.16. The molecule has 0 aliphatic carbocycles. The summed E-state index contributed by atoms with van der Waals surface area (Å²) in [4.78, 5) is 27.9. The van der Waals surface area contributed by atoms with Crippen molar-refractivity contribution in [3.63, 3.8) is 0 Å². The van der Waals surface area contributed by atoms with Crippen LogP contribution in [0.1, 0.15) is 11.1 Å². The summed E-state index contributed by atoms with van der Waals surface area (Å²) in [5, 5.41) is 6.37. The van der Waals surface area contributed by atoms with Crippen molar-refractivity contribution in [2.45, 2.75) is 13.8 Å². The Morgan fingerprint density at radius 1 is 1.00 bits per heavy atom. The average molecular weight is 416 g/mol. The van der Waals surface area contributed by atoms with E-state index >= 15 is 0 Å². The zero-order chi connectivity index (χ0) is 20.8. The third kappa shape index (κ3) is 5.71. The number of carbonyl (C=O) groups excluding carboxylic acids is 2. The number of aryl methyl sites for hydroxylation is 2. The van der Waals surface area contributed by atoms with Crippen molar-refractivity contribution in [1.29, 1.82) is 0 Å². The summed E-state index contributed by atoms with van der Waals surface area (Å²) >= 11 is 6.28. The minimum Gasteiger partial charge on any atom is -0.359 e. The molecule has 7 heteroatoms. The minimum atomic E-state index is -0.214. The Morgan fingerprint density at radius 2 is 1.66 bits per heavy atom. The lowest BCUT2D eigenvalue weighted by Gasteiger charge is -2.33. The number of hydrogen-bond donors (Lipinski definition) is 3. The predicted octanol–water partition coefficient (Wildman–Crippen LogP) is 1.42. The molecule has 29 heavy (non-hydrogen) atoms. The number of piperazine rings is 1. The Hall–Kier alpha value is -2.57. The van der Waals surface area contributed by atoms with Gasteiger partial charge >= 0.3 is 0 Å². The molecule has 2 amide bonds. The summed E-state index contributed by atoms with van der Waals surface area (Å²) in [6.45, 7) is 7.65. The molecule has 2 aromatic carbocycles. The number of rotatable bonds is 6. The molecule has 0 aromatic heterocycles. The van der Waals surface area contributed by atoms with Crippen LogP contribution in [0.3, 0.4) is 0 Å². The second kappa shape index (κ2) is 9.76. The van der Waals surface area contributed by atoms with Crippen LogP contribution in [0.25, 0.3) is 0 Å². The third-order valence-corrected chi connectivity index (χ3v) is 5.59. The number of para-hydroxylation sites is 2. The molecule has 0 unspecified atom stereocenters. The predicted molar refractivity (Wildman–Crippen MR) is 117 cm³/mol. The van der Waals surface area contributed by atoms with Crippen molar-refractivity contribution < 1.29 is 14.5 Å². The largest absolute Gasteiger partial charge is 0.359 e. The lowest BCUT2D eigenvalue weighted by molar-refractivity contribution is -0.892. The Morgan fingerprint density at radius 3 is 2.31 bits per heavy atom. The quantitative estimate of drug-likeness (QED) is 0.668. The van der Waals surface area contributed by atoms with Crippen molar-refractivity contribution in [1.82, 2.24) is 5.32 Å². The number of nitrogens with one attached hydrogen (secondary N) is 3. The fourth-order valence-electron chi connectivity index (χ4n) is 3.61. The number of nitrogens with zero attached hydrogens (tertiary/aromatic N) is 1. The first-order valence-corrected chi connectivity index (χ1v) is 10.3. The van der Waals surface area contributed by atoms with Crippen LogP contribution in [0, 0.1) is 13.8 Å². The smallest absolute Gasteiger partial charge is 0.275 e. The van der Waals surface area contributed by atoms with Crippen molar-refractivity contribution >= 4 is 34.8 Å². The first kappa shape index (κ1) is 21.1. The van der Waals surface area contributed by atoms with Crippen LogP contribution in [0.5, 0.6) is 0 Å². The number of quaternary nitrogens is 1. The van der Waals surface area contributed by atoms with Gasteiger partial charge < -0.3 is 20.4 Å². The maximum atomic E-state index is 12.3. The summed E-state index contributed by atoms with van der Waals surface area (Å²) in [5.41, 5.74) is 3.87. The van der Waals surface area contributed by atoms with Gasteiger partial charge in [0.1, 0.15) is 0 Å². The van der Waals surface area contributed by atoms with Crippen LogP contribution in [0.15, 0.2) is 42.5 Å². The molecule has 1 aliphatic heterocycles. The van der Waals surface area contributed by atoms with Crippen LogP contribution < -0.4 is 20.4 Å². The zero-order valence-electron chi connectivity index (χ0n) is 16.9. The highest BCUT2D eigenvalue weighted by Gasteiger charge is 2.23. The maximum absolute atomic E-state index is 12.3. The minimum absolute atomic E-state index is 0.0222. The molecular weight excluding hydrogens is 388 g/mol. The van der Waals surface area contributed by atoms with Crippen LogP contribution in [0.4, 0.5) is 11.4 Å². The second-order valence-corrected chi connectivity index (χ2v) is 7.86. The molecule has 0 radical (unpaired) electrons. The van der Waals surface area contributed by atoms with Crippen molar-refractivity contribution in [3.8, 4) is 0 Å². The Balaban J connectivity index is 1.41. The molecule has 3 N–H and O–H groups in total. The topological polar surface area (TPSA) is 65.9 Å². The van der Waals surface area contributed by atoms with E-state index in [1.807, 2.05) is 56.3 Å². The average Bonchev–Trinajstić information content (AvgIpc) is 2.70. The first-order chi connectivity index (χ1) is 13.9. The van der Waals surface area contributed by atoms with Crippen molar-refractivity contribution in [2.24, 2.45) is 0 Å². The molecule has 0 bridgehead atoms. The van der Waals surface area contributed by atoms with E-state index in [0.717, 1.165) is 53.7 Å². The summed E-state index contributed by atoms with van der Waals surface area (Å²) in [6, 6.07) is 13.7. The molecular formula is C22H28ClN4O2+. The summed E-state index contributed by atoms with van der Waals surface area (Å²) < 4.78 is 0. The van der Waals surface area contributed by atoms with Crippen LogP contribution in [-0.4, -0.2) is 51.1 Å². The molecule has 1 saturated heterocycles. The molecule has 0 saturated carbocycles. The van der Waals surface area contributed by atoms with Crippen LogP contribution in [0.2, 0.25) is 5.02 Å². The first-order valence-electron chi connectivity index (χ1n) is 9.90. The van der Waals surface area contributed by atoms with E-state index in [1.165, 1.54) is 4.90 Å². The fourth-order valence-corrected chi connectivity index (χ4v) is 3.87. The number of hydrogen-bond acceptors (Lipinski definition) is 3. The van der Waals surface area contributed by atoms with Crippen molar-refractivity contribution in [3.05, 3.63) is 58.6 Å². The molecule has 154 valence electrons. The molecule has 6 nitrogen and oxygen atoms in total. The summed E-state index contributed by atoms with van der Waals surface area (Å²) in [5.74, 6) is -0.322. The Bertz CT molecular complexity index is 859. The highest BCUT2D eigenvalue weighted by atomic mass is 35.5. The van der Waals surface area contributed by atoms with Crippen molar-refractivity contribution in [2.75, 3.05) is 49.5 Å². The summed E-state index contributed by atoms with van der Waals surface area (Å²) in [6.07, 6.45) is 0. The van der Waals surface area contributed by atoms with Crippen LogP contribution in [-0.2, 0) is 9.59 Å². The van der Waals surface area contributed by atoms with Gasteiger partial charge in [0.15, 0.2) is 6.54 Å². The molecule has 3 rings (SSSR count). The molecule has 0 spiro atoms. The van der Waals surface area contributed by atoms with Gasteiger partial charge in [0.25, 0.3) is 5.91 Å². The van der Waals surface area contributed by atoms with E-state index in [-0.39, 0.29) is 18.4 Å². The van der Waals surface area contributed by atoms with Gasteiger partial charge in [-0.2, -0.15) is 0 Å². The van der Waals surface area contributed by atoms with Gasteiger partial charge in [0.05, 0.1) is 43.4 Å². The molecule has 1 fully saturated rings. The zero-order valence-corrected chi connectivity index (χ0v) is 17.7. The Labute approximate surface area is 176 Å². The van der Waals surface area contributed by atoms with Gasteiger partial charge in [-0.1, -0.05) is 41.9 Å². The number of anilines is 2. The maximum Gasteiger partial charge on any atom is 0.275 e. The van der Waals surface area contributed by atoms with E-state index in [0.29, 0.717) is 6.54 Å². The Kier molecular flexibility index (Phi) is 7.12. The standard InChI is InChI=1S/C22H27ClN4O2/c1-16-6-5-7-17(2)22(16)25-20(28)14-24-21(29)15-26-10-12-27(13-11-26)19-9-4-3-8-18(19)23/h3-9H,10-15H2,1-2H3,(H,24,29)(H,25,28)/p+1. The van der Waals surface area contributed by atoms with E-state index in [9.17, 15) is 9.59 Å².